The fourth-order valence-corrected chi connectivity index (χ4v) is 2.05. The zero-order chi connectivity index (χ0) is 13.0. The smallest absolute Gasteiger partial charge is 0.213 e. The average Bonchev–Trinajstić information content (AvgIpc) is 2.38. The highest BCUT2D eigenvalue weighted by molar-refractivity contribution is 9.10. The normalized spacial score (nSPS) is 10.4. The summed E-state index contributed by atoms with van der Waals surface area (Å²) in [5.74, 6) is 0.448. The number of pyridine rings is 1. The highest BCUT2D eigenvalue weighted by Crippen LogP contribution is 2.20. The maximum atomic E-state index is 9.09. The van der Waals surface area contributed by atoms with Crippen LogP contribution in [0.2, 0.25) is 5.02 Å². The lowest BCUT2D eigenvalue weighted by atomic mass is 10.2. The average molecular weight is 329 g/mol. The number of aliphatic hydroxyl groups excluding tert-OH is 1. The van der Waals surface area contributed by atoms with Crippen LogP contribution in [0.5, 0.6) is 5.88 Å². The monoisotopic (exact) mass is 327 g/mol. The molecule has 0 spiro atoms. The van der Waals surface area contributed by atoms with E-state index < -0.39 is 0 Å². The number of hydrogen-bond acceptors (Lipinski definition) is 3. The van der Waals surface area contributed by atoms with Gasteiger partial charge in [0.25, 0.3) is 0 Å². The third-order valence-electron chi connectivity index (χ3n) is 2.36. The second kappa shape index (κ2) is 6.18. The van der Waals surface area contributed by atoms with E-state index in [1.165, 1.54) is 6.20 Å². The maximum Gasteiger partial charge on any atom is 0.213 e. The molecule has 0 bridgehead atoms. The molecule has 0 aliphatic rings. The van der Waals surface area contributed by atoms with Crippen molar-refractivity contribution < 1.29 is 9.84 Å². The van der Waals surface area contributed by atoms with Gasteiger partial charge in [-0.15, -0.1) is 0 Å². The maximum absolute atomic E-state index is 9.09. The molecule has 1 aromatic carbocycles. The Labute approximate surface area is 119 Å². The fraction of sp³-hybridized carbons (Fsp3) is 0.154. The first-order chi connectivity index (χ1) is 8.69. The summed E-state index contributed by atoms with van der Waals surface area (Å²) in [6, 6.07) is 9.47. The van der Waals surface area contributed by atoms with Crippen molar-refractivity contribution in [1.82, 2.24) is 4.98 Å². The van der Waals surface area contributed by atoms with Crippen LogP contribution in [0.4, 0.5) is 0 Å². The molecule has 0 aliphatic heterocycles. The molecular formula is C13H11BrClNO2. The second-order valence-electron chi connectivity index (χ2n) is 3.69. The quantitative estimate of drug-likeness (QED) is 0.933. The number of aliphatic hydroxyl groups is 1. The molecule has 3 nitrogen and oxygen atoms in total. The van der Waals surface area contributed by atoms with Crippen molar-refractivity contribution in [3.63, 3.8) is 0 Å². The van der Waals surface area contributed by atoms with Crippen LogP contribution in [0.1, 0.15) is 11.1 Å². The molecule has 1 N–H and O–H groups in total. The molecule has 2 aromatic rings. The first-order valence-corrected chi connectivity index (χ1v) is 6.48. The van der Waals surface area contributed by atoms with E-state index in [0.29, 0.717) is 23.1 Å². The predicted octanol–water partition coefficient (Wildman–Crippen LogP) is 3.57. The molecule has 0 unspecified atom stereocenters. The summed E-state index contributed by atoms with van der Waals surface area (Å²) in [5, 5.41) is 9.53. The van der Waals surface area contributed by atoms with Gasteiger partial charge in [-0.05, 0) is 17.7 Å². The van der Waals surface area contributed by atoms with Gasteiger partial charge < -0.3 is 9.84 Å². The van der Waals surface area contributed by atoms with Crippen LogP contribution in [0.15, 0.2) is 41.0 Å². The van der Waals surface area contributed by atoms with Crippen LogP contribution in [-0.4, -0.2) is 10.1 Å². The predicted molar refractivity (Wildman–Crippen MR) is 73.6 cm³/mol. The van der Waals surface area contributed by atoms with E-state index in [2.05, 4.69) is 20.9 Å². The number of halogens is 2. The van der Waals surface area contributed by atoms with Crippen molar-refractivity contribution in [3.05, 3.63) is 57.2 Å². The minimum atomic E-state index is -0.130. The molecule has 0 amide bonds. The third kappa shape index (κ3) is 3.45. The van der Waals surface area contributed by atoms with Crippen molar-refractivity contribution >= 4 is 27.5 Å². The van der Waals surface area contributed by atoms with Gasteiger partial charge in [0.05, 0.1) is 11.6 Å². The lowest BCUT2D eigenvalue weighted by molar-refractivity contribution is 0.275. The van der Waals surface area contributed by atoms with Crippen LogP contribution in [0, 0.1) is 0 Å². The van der Waals surface area contributed by atoms with Crippen molar-refractivity contribution in [2.24, 2.45) is 0 Å². The highest BCUT2D eigenvalue weighted by Gasteiger charge is 2.03. The molecule has 0 saturated heterocycles. The van der Waals surface area contributed by atoms with Gasteiger partial charge in [-0.25, -0.2) is 4.98 Å². The standard InChI is InChI=1S/C13H11BrClNO2/c14-11-3-1-2-9(4-11)8-18-13-5-10(7-17)12(15)6-16-13/h1-6,17H,7-8H2. The van der Waals surface area contributed by atoms with Gasteiger partial charge >= 0.3 is 0 Å². The SMILES string of the molecule is OCc1cc(OCc2cccc(Br)c2)ncc1Cl. The van der Waals surface area contributed by atoms with Crippen molar-refractivity contribution in [1.29, 1.82) is 0 Å². The zero-order valence-corrected chi connectivity index (χ0v) is 11.8. The number of nitrogens with zero attached hydrogens (tertiary/aromatic N) is 1. The van der Waals surface area contributed by atoms with Crippen LogP contribution in [-0.2, 0) is 13.2 Å². The summed E-state index contributed by atoms with van der Waals surface area (Å²) in [4.78, 5) is 4.05. The molecule has 2 rings (SSSR count). The highest BCUT2D eigenvalue weighted by atomic mass is 79.9. The number of aromatic nitrogens is 1. The molecule has 18 heavy (non-hydrogen) atoms. The fourth-order valence-electron chi connectivity index (χ4n) is 1.44. The van der Waals surface area contributed by atoms with Crippen molar-refractivity contribution in [2.75, 3.05) is 0 Å². The lowest BCUT2D eigenvalue weighted by Gasteiger charge is -2.07. The molecule has 0 aliphatic carbocycles. The van der Waals surface area contributed by atoms with Crippen LogP contribution >= 0.6 is 27.5 Å². The van der Waals surface area contributed by atoms with E-state index >= 15 is 0 Å². The Hall–Kier alpha value is -1.10. The van der Waals surface area contributed by atoms with Gasteiger partial charge in [-0.3, -0.25) is 0 Å². The third-order valence-corrected chi connectivity index (χ3v) is 3.19. The Balaban J connectivity index is 2.06. The molecular weight excluding hydrogens is 318 g/mol. The van der Waals surface area contributed by atoms with Crippen molar-refractivity contribution in [3.8, 4) is 5.88 Å². The zero-order valence-electron chi connectivity index (χ0n) is 9.44. The first kappa shape index (κ1) is 13.3. The Kier molecular flexibility index (Phi) is 4.58. The lowest BCUT2D eigenvalue weighted by Crippen LogP contribution is -1.98. The van der Waals surface area contributed by atoms with Gasteiger partial charge in [0, 0.05) is 22.3 Å². The molecule has 1 aromatic heterocycles. The summed E-state index contributed by atoms with van der Waals surface area (Å²) >= 11 is 9.25. The molecule has 0 radical (unpaired) electrons. The molecule has 5 heteroatoms. The first-order valence-electron chi connectivity index (χ1n) is 5.31. The Morgan fingerprint density at radius 1 is 1.33 bits per heavy atom. The summed E-state index contributed by atoms with van der Waals surface area (Å²) in [6.45, 7) is 0.285. The minimum Gasteiger partial charge on any atom is -0.473 e. The molecule has 1 heterocycles. The van der Waals surface area contributed by atoms with Crippen molar-refractivity contribution in [2.45, 2.75) is 13.2 Å². The van der Waals surface area contributed by atoms with E-state index in [1.54, 1.807) is 6.07 Å². The summed E-state index contributed by atoms with van der Waals surface area (Å²) in [7, 11) is 0. The van der Waals surface area contributed by atoms with Crippen LogP contribution in [0.3, 0.4) is 0 Å². The Bertz CT molecular complexity index is 548. The molecule has 0 saturated carbocycles. The minimum absolute atomic E-state index is 0.130. The number of rotatable bonds is 4. The van der Waals surface area contributed by atoms with E-state index in [-0.39, 0.29) is 6.61 Å². The van der Waals surface area contributed by atoms with E-state index in [1.807, 2.05) is 24.3 Å². The Morgan fingerprint density at radius 3 is 2.89 bits per heavy atom. The number of hydrogen-bond donors (Lipinski definition) is 1. The van der Waals surface area contributed by atoms with E-state index in [9.17, 15) is 0 Å². The number of benzene rings is 1. The summed E-state index contributed by atoms with van der Waals surface area (Å²) in [5.41, 5.74) is 1.64. The van der Waals surface area contributed by atoms with Crippen LogP contribution < -0.4 is 4.74 Å². The van der Waals surface area contributed by atoms with Gasteiger partial charge in [-0.2, -0.15) is 0 Å². The Morgan fingerprint density at radius 2 is 2.17 bits per heavy atom. The summed E-state index contributed by atoms with van der Waals surface area (Å²) < 4.78 is 6.55. The van der Waals surface area contributed by atoms with Gasteiger partial charge in [-0.1, -0.05) is 39.7 Å². The number of ether oxygens (including phenoxy) is 1. The van der Waals surface area contributed by atoms with E-state index in [0.717, 1.165) is 10.0 Å². The summed E-state index contributed by atoms with van der Waals surface area (Å²) in [6.07, 6.45) is 1.48. The second-order valence-corrected chi connectivity index (χ2v) is 5.01. The van der Waals surface area contributed by atoms with Gasteiger partial charge in [0.15, 0.2) is 0 Å². The molecule has 94 valence electrons. The van der Waals surface area contributed by atoms with Gasteiger partial charge in [0.1, 0.15) is 6.61 Å². The van der Waals surface area contributed by atoms with E-state index in [4.69, 9.17) is 21.4 Å². The van der Waals surface area contributed by atoms with Gasteiger partial charge in [0.2, 0.25) is 5.88 Å². The topological polar surface area (TPSA) is 42.4 Å². The molecule has 0 fully saturated rings. The molecule has 0 atom stereocenters. The largest absolute Gasteiger partial charge is 0.473 e. The van der Waals surface area contributed by atoms with Crippen LogP contribution in [0.25, 0.3) is 0 Å².